The van der Waals surface area contributed by atoms with Gasteiger partial charge in [-0.3, -0.25) is 14.4 Å². The lowest BCUT2D eigenvalue weighted by Crippen LogP contribution is -2.30. The largest absolute Gasteiger partial charge is 0.321 e. The summed E-state index contributed by atoms with van der Waals surface area (Å²) in [7, 11) is 0. The number of carbonyl (C=O) groups excluding carboxylic acids is 3. The first-order valence-corrected chi connectivity index (χ1v) is 12.8. The summed E-state index contributed by atoms with van der Waals surface area (Å²) in [6.45, 7) is 0. The second-order valence-corrected chi connectivity index (χ2v) is 9.60. The van der Waals surface area contributed by atoms with Gasteiger partial charge in [-0.15, -0.1) is 0 Å². The Hall–Kier alpha value is -4.16. The Kier molecular flexibility index (Phi) is 9.34. The van der Waals surface area contributed by atoms with E-state index in [0.717, 1.165) is 5.56 Å². The predicted molar refractivity (Wildman–Crippen MR) is 158 cm³/mol. The molecule has 0 aliphatic carbocycles. The Bertz CT molecular complexity index is 1560. The first-order chi connectivity index (χ1) is 18.8. The number of allylic oxidation sites excluding steroid dienone is 1. The molecule has 0 fully saturated rings. The summed E-state index contributed by atoms with van der Waals surface area (Å²) in [5.74, 6) is -1.24. The lowest BCUT2D eigenvalue weighted by molar-refractivity contribution is -0.113. The van der Waals surface area contributed by atoms with Gasteiger partial charge in [0.05, 0.1) is 0 Å². The van der Waals surface area contributed by atoms with Crippen LogP contribution in [0.25, 0.3) is 12.2 Å². The number of hydrogen-bond acceptors (Lipinski definition) is 3. The molecule has 0 spiro atoms. The van der Waals surface area contributed by atoms with Crippen LogP contribution in [0.3, 0.4) is 0 Å². The van der Waals surface area contributed by atoms with Gasteiger partial charge >= 0.3 is 0 Å². The molecule has 0 radical (unpaired) electrons. The smallest absolute Gasteiger partial charge is 0.272 e. The van der Waals surface area contributed by atoms with Gasteiger partial charge in [-0.25, -0.2) is 0 Å². The highest BCUT2D eigenvalue weighted by Crippen LogP contribution is 2.23. The third kappa shape index (κ3) is 7.91. The van der Waals surface area contributed by atoms with Gasteiger partial charge in [-0.05, 0) is 83.9 Å². The molecule has 2 N–H and O–H groups in total. The van der Waals surface area contributed by atoms with E-state index in [1.165, 1.54) is 12.2 Å². The van der Waals surface area contributed by atoms with Gasteiger partial charge in [0.1, 0.15) is 5.70 Å². The summed E-state index contributed by atoms with van der Waals surface area (Å²) in [5.41, 5.74) is 2.56. The minimum Gasteiger partial charge on any atom is -0.321 e. The number of halogens is 3. The number of benzene rings is 4. The molecule has 8 heteroatoms. The van der Waals surface area contributed by atoms with Crippen molar-refractivity contribution in [2.45, 2.75) is 0 Å². The number of hydrogen-bond donors (Lipinski definition) is 2. The molecule has 4 aromatic carbocycles. The van der Waals surface area contributed by atoms with Crippen molar-refractivity contribution < 1.29 is 14.4 Å². The maximum absolute atomic E-state index is 13.2. The molecule has 0 unspecified atom stereocenters. The average Bonchev–Trinajstić information content (AvgIpc) is 2.94. The fourth-order valence-electron chi connectivity index (χ4n) is 3.47. The highest BCUT2D eigenvalue weighted by atomic mass is 35.5. The Morgan fingerprint density at radius 2 is 1.36 bits per heavy atom. The van der Waals surface area contributed by atoms with Crippen LogP contribution in [0.4, 0.5) is 5.69 Å². The van der Waals surface area contributed by atoms with E-state index in [-0.39, 0.29) is 11.5 Å². The Balaban J connectivity index is 1.51. The summed E-state index contributed by atoms with van der Waals surface area (Å²) in [6.07, 6.45) is 4.63. The van der Waals surface area contributed by atoms with E-state index in [1.54, 1.807) is 91.0 Å². The average molecular weight is 576 g/mol. The minimum atomic E-state index is -0.577. The second-order valence-electron chi connectivity index (χ2n) is 8.32. The van der Waals surface area contributed by atoms with E-state index in [1.807, 2.05) is 12.1 Å². The second kappa shape index (κ2) is 13.1. The van der Waals surface area contributed by atoms with Crippen LogP contribution < -0.4 is 10.6 Å². The molecule has 0 aromatic heterocycles. The molecule has 4 rings (SSSR count). The fourth-order valence-corrected chi connectivity index (χ4v) is 4.06. The van der Waals surface area contributed by atoms with E-state index < -0.39 is 11.8 Å². The van der Waals surface area contributed by atoms with Crippen LogP contribution in [0.5, 0.6) is 0 Å². The fraction of sp³-hybridized carbons (Fsp3) is 0. The van der Waals surface area contributed by atoms with Crippen LogP contribution >= 0.6 is 34.8 Å². The van der Waals surface area contributed by atoms with E-state index in [2.05, 4.69) is 10.6 Å². The maximum Gasteiger partial charge on any atom is 0.272 e. The number of ketones is 1. The molecule has 0 saturated heterocycles. The molecule has 194 valence electrons. The molecule has 0 aliphatic heterocycles. The van der Waals surface area contributed by atoms with Gasteiger partial charge in [-0.2, -0.15) is 0 Å². The Labute approximate surface area is 240 Å². The van der Waals surface area contributed by atoms with Crippen LogP contribution in [0.1, 0.15) is 31.8 Å². The SMILES string of the molecule is O=C(Nc1ccc(C(=O)/C=C/c2ccc(Cl)cc2)cc1)/C(=C/c1ccc(Cl)cc1Cl)NC(=O)c1ccccc1. The van der Waals surface area contributed by atoms with E-state index >= 15 is 0 Å². The van der Waals surface area contributed by atoms with Gasteiger partial charge < -0.3 is 10.6 Å². The third-order valence-corrected chi connectivity index (χ3v) is 6.33. The zero-order valence-electron chi connectivity index (χ0n) is 20.3. The molecule has 0 heterocycles. The van der Waals surface area contributed by atoms with Gasteiger partial charge in [-0.1, -0.05) is 77.3 Å². The highest BCUT2D eigenvalue weighted by molar-refractivity contribution is 6.35. The van der Waals surface area contributed by atoms with Crippen molar-refractivity contribution in [3.05, 3.63) is 146 Å². The topological polar surface area (TPSA) is 75.3 Å². The van der Waals surface area contributed by atoms with Crippen molar-refractivity contribution >= 4 is 70.2 Å². The minimum absolute atomic E-state index is 0.0286. The Morgan fingerprint density at radius 3 is 2.03 bits per heavy atom. The summed E-state index contributed by atoms with van der Waals surface area (Å²) in [6, 6.07) is 26.8. The van der Waals surface area contributed by atoms with Crippen LogP contribution in [0, 0.1) is 0 Å². The summed E-state index contributed by atoms with van der Waals surface area (Å²) >= 11 is 18.2. The summed E-state index contributed by atoms with van der Waals surface area (Å²) in [5, 5.41) is 6.77. The standard InChI is InChI=1S/C31H21Cl3N2O3/c32-24-12-6-20(7-13-24)8-17-29(37)21-10-15-26(16-11-21)35-31(39)28(18-23-9-14-25(33)19-27(23)34)36-30(38)22-4-2-1-3-5-22/h1-19H,(H,35,39)(H,36,38)/b17-8+,28-18-. The van der Waals surface area contributed by atoms with Crippen LogP contribution in [-0.2, 0) is 4.79 Å². The van der Waals surface area contributed by atoms with Crippen molar-refractivity contribution in [2.75, 3.05) is 5.32 Å². The van der Waals surface area contributed by atoms with E-state index in [4.69, 9.17) is 34.8 Å². The third-order valence-electron chi connectivity index (χ3n) is 5.52. The number of amides is 2. The Morgan fingerprint density at radius 1 is 0.692 bits per heavy atom. The highest BCUT2D eigenvalue weighted by Gasteiger charge is 2.16. The summed E-state index contributed by atoms with van der Waals surface area (Å²) in [4.78, 5) is 38.6. The van der Waals surface area contributed by atoms with Crippen LogP contribution in [-0.4, -0.2) is 17.6 Å². The van der Waals surface area contributed by atoms with Crippen molar-refractivity contribution in [3.63, 3.8) is 0 Å². The molecular formula is C31H21Cl3N2O3. The molecule has 2 amide bonds. The van der Waals surface area contributed by atoms with Crippen molar-refractivity contribution in [1.82, 2.24) is 5.32 Å². The molecule has 0 saturated carbocycles. The van der Waals surface area contributed by atoms with E-state index in [0.29, 0.717) is 37.4 Å². The van der Waals surface area contributed by atoms with Gasteiger partial charge in [0.15, 0.2) is 5.78 Å². The first-order valence-electron chi connectivity index (χ1n) is 11.7. The van der Waals surface area contributed by atoms with Crippen LogP contribution in [0.2, 0.25) is 15.1 Å². The molecule has 0 atom stereocenters. The van der Waals surface area contributed by atoms with Crippen molar-refractivity contribution in [1.29, 1.82) is 0 Å². The van der Waals surface area contributed by atoms with Gasteiger partial charge in [0.25, 0.3) is 11.8 Å². The van der Waals surface area contributed by atoms with Crippen molar-refractivity contribution in [3.8, 4) is 0 Å². The lowest BCUT2D eigenvalue weighted by atomic mass is 10.1. The maximum atomic E-state index is 13.2. The van der Waals surface area contributed by atoms with E-state index in [9.17, 15) is 14.4 Å². The number of carbonyl (C=O) groups is 3. The molecule has 0 bridgehead atoms. The molecule has 39 heavy (non-hydrogen) atoms. The predicted octanol–water partition coefficient (Wildman–Crippen LogP) is 7.95. The normalized spacial score (nSPS) is 11.3. The van der Waals surface area contributed by atoms with Gasteiger partial charge in [0, 0.05) is 31.9 Å². The number of nitrogens with one attached hydrogen (secondary N) is 2. The lowest BCUT2D eigenvalue weighted by Gasteiger charge is -2.12. The number of anilines is 1. The van der Waals surface area contributed by atoms with Gasteiger partial charge in [0.2, 0.25) is 0 Å². The first kappa shape index (κ1) is 27.9. The quantitative estimate of drug-likeness (QED) is 0.165. The monoisotopic (exact) mass is 574 g/mol. The molecule has 0 aliphatic rings. The molecule has 4 aromatic rings. The number of rotatable bonds is 8. The summed E-state index contributed by atoms with van der Waals surface area (Å²) < 4.78 is 0. The molecule has 5 nitrogen and oxygen atoms in total. The van der Waals surface area contributed by atoms with Crippen molar-refractivity contribution in [2.24, 2.45) is 0 Å². The van der Waals surface area contributed by atoms with Crippen LogP contribution in [0.15, 0.2) is 109 Å². The molecular weight excluding hydrogens is 555 g/mol. The zero-order valence-corrected chi connectivity index (χ0v) is 22.6. The zero-order chi connectivity index (χ0) is 27.8.